The van der Waals surface area contributed by atoms with E-state index in [0.717, 1.165) is 12.8 Å². The molecule has 1 aliphatic rings. The quantitative estimate of drug-likeness (QED) is 0.643. The molecule has 9 heteroatoms. The minimum Gasteiger partial charge on any atom is -0.328 e. The molecule has 0 aromatic heterocycles. The van der Waals surface area contributed by atoms with Crippen LogP contribution in [-0.4, -0.2) is 58.3 Å². The van der Waals surface area contributed by atoms with Gasteiger partial charge in [0, 0.05) is 25.7 Å². The maximum atomic E-state index is 12.1. The Hall–Kier alpha value is -0.220. The van der Waals surface area contributed by atoms with Gasteiger partial charge in [0.15, 0.2) is 0 Å². The van der Waals surface area contributed by atoms with E-state index in [1.807, 2.05) is 6.92 Å². The SMILES string of the molecule is CCS(=O)(=O)NCCS(=O)(=O)N1CCC(C(C)N)CC1. The van der Waals surface area contributed by atoms with Crippen LogP contribution < -0.4 is 10.5 Å². The molecule has 3 N–H and O–H groups in total. The summed E-state index contributed by atoms with van der Waals surface area (Å²) < 4.78 is 50.4. The zero-order valence-electron chi connectivity index (χ0n) is 12.1. The first-order valence-corrected chi connectivity index (χ1v) is 10.1. The number of hydrogen-bond donors (Lipinski definition) is 2. The Labute approximate surface area is 122 Å². The molecule has 0 amide bonds. The standard InChI is InChI=1S/C11H25N3O4S2/c1-3-19(15,16)13-6-9-20(17,18)14-7-4-11(5-8-14)10(2)12/h10-11,13H,3-9,12H2,1-2H3. The van der Waals surface area contributed by atoms with Gasteiger partial charge in [-0.1, -0.05) is 0 Å². The second-order valence-corrected chi connectivity index (χ2v) is 9.39. The summed E-state index contributed by atoms with van der Waals surface area (Å²) in [6.45, 7) is 4.31. The monoisotopic (exact) mass is 327 g/mol. The summed E-state index contributed by atoms with van der Waals surface area (Å²) in [5.41, 5.74) is 5.82. The predicted octanol–water partition coefficient (Wildman–Crippen LogP) is -0.685. The van der Waals surface area contributed by atoms with Crippen LogP contribution in [0.25, 0.3) is 0 Å². The second-order valence-electron chi connectivity index (χ2n) is 5.21. The minimum atomic E-state index is -3.40. The van der Waals surface area contributed by atoms with Crippen LogP contribution in [0, 0.1) is 5.92 Å². The lowest BCUT2D eigenvalue weighted by atomic mass is 9.92. The van der Waals surface area contributed by atoms with Gasteiger partial charge in [-0.25, -0.2) is 25.9 Å². The van der Waals surface area contributed by atoms with E-state index in [1.54, 1.807) is 0 Å². The van der Waals surface area contributed by atoms with E-state index in [-0.39, 0.29) is 24.1 Å². The third-order valence-electron chi connectivity index (χ3n) is 3.70. The molecule has 1 rings (SSSR count). The summed E-state index contributed by atoms with van der Waals surface area (Å²) in [5, 5.41) is 0. The summed E-state index contributed by atoms with van der Waals surface area (Å²) >= 11 is 0. The molecule has 1 saturated heterocycles. The maximum Gasteiger partial charge on any atom is 0.215 e. The average Bonchev–Trinajstić information content (AvgIpc) is 2.38. The van der Waals surface area contributed by atoms with Crippen molar-refractivity contribution in [1.82, 2.24) is 9.03 Å². The third kappa shape index (κ3) is 5.28. The molecule has 120 valence electrons. The Balaban J connectivity index is 2.46. The van der Waals surface area contributed by atoms with Gasteiger partial charge in [-0.2, -0.15) is 0 Å². The average molecular weight is 327 g/mol. The van der Waals surface area contributed by atoms with E-state index < -0.39 is 20.0 Å². The van der Waals surface area contributed by atoms with Crippen molar-refractivity contribution < 1.29 is 16.8 Å². The van der Waals surface area contributed by atoms with Gasteiger partial charge < -0.3 is 5.73 Å². The molecule has 1 heterocycles. The number of nitrogens with one attached hydrogen (secondary N) is 1. The first kappa shape index (κ1) is 17.8. The highest BCUT2D eigenvalue weighted by molar-refractivity contribution is 7.90. The van der Waals surface area contributed by atoms with Crippen molar-refractivity contribution >= 4 is 20.0 Å². The molecule has 0 aromatic rings. The van der Waals surface area contributed by atoms with Crippen LogP contribution >= 0.6 is 0 Å². The van der Waals surface area contributed by atoms with Gasteiger partial charge in [0.1, 0.15) is 0 Å². The Morgan fingerprint density at radius 3 is 2.25 bits per heavy atom. The van der Waals surface area contributed by atoms with Gasteiger partial charge in [0.2, 0.25) is 20.0 Å². The number of sulfonamides is 2. The molecule has 0 radical (unpaired) electrons. The first-order chi connectivity index (χ1) is 9.18. The molecule has 0 saturated carbocycles. The molecule has 0 aliphatic carbocycles. The number of nitrogens with zero attached hydrogens (tertiary/aromatic N) is 1. The fourth-order valence-corrected chi connectivity index (χ4v) is 4.37. The molecule has 0 bridgehead atoms. The zero-order valence-corrected chi connectivity index (χ0v) is 13.7. The van der Waals surface area contributed by atoms with Crippen molar-refractivity contribution in [3.8, 4) is 0 Å². The van der Waals surface area contributed by atoms with Gasteiger partial charge in [-0.3, -0.25) is 0 Å². The van der Waals surface area contributed by atoms with Crippen LogP contribution in [-0.2, 0) is 20.0 Å². The van der Waals surface area contributed by atoms with Crippen LogP contribution in [0.2, 0.25) is 0 Å². The number of nitrogens with two attached hydrogens (primary N) is 1. The van der Waals surface area contributed by atoms with Crippen LogP contribution in [0.15, 0.2) is 0 Å². The fraction of sp³-hybridized carbons (Fsp3) is 1.00. The summed E-state index contributed by atoms with van der Waals surface area (Å²) in [6.07, 6.45) is 1.52. The molecule has 1 aliphatic heterocycles. The zero-order chi connectivity index (χ0) is 15.4. The topological polar surface area (TPSA) is 110 Å². The summed E-state index contributed by atoms with van der Waals surface area (Å²) in [5.74, 6) is 0.113. The molecular formula is C11H25N3O4S2. The van der Waals surface area contributed by atoms with E-state index in [0.29, 0.717) is 19.0 Å². The number of hydrogen-bond acceptors (Lipinski definition) is 5. The normalized spacial score (nSPS) is 20.9. The molecular weight excluding hydrogens is 302 g/mol. The number of piperidine rings is 1. The van der Waals surface area contributed by atoms with Crippen LogP contribution in [0.4, 0.5) is 0 Å². The van der Waals surface area contributed by atoms with Gasteiger partial charge >= 0.3 is 0 Å². The Morgan fingerprint density at radius 2 is 1.80 bits per heavy atom. The van der Waals surface area contributed by atoms with Crippen molar-refractivity contribution in [1.29, 1.82) is 0 Å². The molecule has 0 aromatic carbocycles. The minimum absolute atomic E-state index is 0.0488. The van der Waals surface area contributed by atoms with E-state index in [4.69, 9.17) is 5.73 Å². The van der Waals surface area contributed by atoms with Gasteiger partial charge in [-0.05, 0) is 32.6 Å². The highest BCUT2D eigenvalue weighted by Gasteiger charge is 2.29. The van der Waals surface area contributed by atoms with Crippen molar-refractivity contribution in [3.63, 3.8) is 0 Å². The molecule has 1 atom stereocenters. The summed E-state index contributed by atoms with van der Waals surface area (Å²) in [6, 6.07) is 0.0798. The molecule has 20 heavy (non-hydrogen) atoms. The Morgan fingerprint density at radius 1 is 1.25 bits per heavy atom. The van der Waals surface area contributed by atoms with E-state index >= 15 is 0 Å². The van der Waals surface area contributed by atoms with Crippen molar-refractivity contribution in [3.05, 3.63) is 0 Å². The van der Waals surface area contributed by atoms with Crippen LogP contribution in [0.5, 0.6) is 0 Å². The largest absolute Gasteiger partial charge is 0.328 e. The lowest BCUT2D eigenvalue weighted by Crippen LogP contribution is -2.44. The van der Waals surface area contributed by atoms with Crippen molar-refractivity contribution in [2.24, 2.45) is 11.7 Å². The van der Waals surface area contributed by atoms with Gasteiger partial charge in [0.05, 0.1) is 11.5 Å². The molecule has 0 spiro atoms. The van der Waals surface area contributed by atoms with Crippen LogP contribution in [0.3, 0.4) is 0 Å². The van der Waals surface area contributed by atoms with Crippen molar-refractivity contribution in [2.75, 3.05) is 31.1 Å². The smallest absolute Gasteiger partial charge is 0.215 e. The molecule has 7 nitrogen and oxygen atoms in total. The molecule has 1 fully saturated rings. The van der Waals surface area contributed by atoms with Crippen LogP contribution in [0.1, 0.15) is 26.7 Å². The highest BCUT2D eigenvalue weighted by atomic mass is 32.2. The third-order valence-corrected chi connectivity index (χ3v) is 6.97. The predicted molar refractivity (Wildman–Crippen MR) is 79.2 cm³/mol. The van der Waals surface area contributed by atoms with Crippen molar-refractivity contribution in [2.45, 2.75) is 32.7 Å². The summed E-state index contributed by atoms with van der Waals surface area (Å²) in [4.78, 5) is 0. The van der Waals surface area contributed by atoms with Gasteiger partial charge in [0.25, 0.3) is 0 Å². The van der Waals surface area contributed by atoms with Gasteiger partial charge in [-0.15, -0.1) is 0 Å². The van der Waals surface area contributed by atoms with E-state index in [1.165, 1.54) is 11.2 Å². The maximum absolute atomic E-state index is 12.1. The Bertz CT molecular complexity index is 494. The second kappa shape index (κ2) is 7.17. The summed E-state index contributed by atoms with van der Waals surface area (Å²) in [7, 11) is -6.74. The molecule has 1 unspecified atom stereocenters. The fourth-order valence-electron chi connectivity index (χ4n) is 2.24. The Kier molecular flexibility index (Phi) is 6.39. The van der Waals surface area contributed by atoms with E-state index in [2.05, 4.69) is 4.72 Å². The van der Waals surface area contributed by atoms with E-state index in [9.17, 15) is 16.8 Å². The lowest BCUT2D eigenvalue weighted by Gasteiger charge is -2.32. The lowest BCUT2D eigenvalue weighted by molar-refractivity contribution is 0.251. The highest BCUT2D eigenvalue weighted by Crippen LogP contribution is 2.21. The first-order valence-electron chi connectivity index (χ1n) is 6.88. The number of rotatable bonds is 7.